The van der Waals surface area contributed by atoms with E-state index >= 15 is 0 Å². The van der Waals surface area contributed by atoms with Crippen molar-refractivity contribution in [3.05, 3.63) is 45.8 Å². The lowest BCUT2D eigenvalue weighted by Crippen LogP contribution is -2.28. The lowest BCUT2D eigenvalue weighted by Gasteiger charge is -2.07. The van der Waals surface area contributed by atoms with E-state index in [-0.39, 0.29) is 0 Å². The predicted octanol–water partition coefficient (Wildman–Crippen LogP) is 3.37. The third-order valence-corrected chi connectivity index (χ3v) is 5.31. The Morgan fingerprint density at radius 1 is 1.25 bits per heavy atom. The van der Waals surface area contributed by atoms with Crippen molar-refractivity contribution in [2.45, 2.75) is 32.1 Å². The summed E-state index contributed by atoms with van der Waals surface area (Å²) in [6, 6.07) is 8.76. The van der Waals surface area contributed by atoms with Crippen molar-refractivity contribution in [1.29, 1.82) is 5.26 Å². The fraction of sp³-hybridized carbons (Fsp3) is 0.333. The summed E-state index contributed by atoms with van der Waals surface area (Å²) in [5, 5.41) is 11.8. The fourth-order valence-electron chi connectivity index (χ4n) is 2.80. The second kappa shape index (κ2) is 7.37. The van der Waals surface area contributed by atoms with Gasteiger partial charge in [-0.3, -0.25) is 9.59 Å². The van der Waals surface area contributed by atoms with Crippen LogP contribution in [0.2, 0.25) is 0 Å². The minimum Gasteiger partial charge on any atom is -0.309 e. The number of fused-ring (bicyclic) bond motifs is 1. The van der Waals surface area contributed by atoms with Gasteiger partial charge in [0.15, 0.2) is 11.7 Å². The molecule has 1 unspecified atom stereocenters. The number of aromatic nitrogens is 1. The zero-order valence-corrected chi connectivity index (χ0v) is 13.9. The van der Waals surface area contributed by atoms with Gasteiger partial charge in [-0.1, -0.05) is 12.5 Å². The average molecular weight is 339 g/mol. The van der Waals surface area contributed by atoms with Gasteiger partial charge in [-0.15, -0.1) is 11.3 Å². The van der Waals surface area contributed by atoms with Crippen molar-refractivity contribution in [3.63, 3.8) is 0 Å². The van der Waals surface area contributed by atoms with E-state index < -0.39 is 17.6 Å². The second-order valence-corrected chi connectivity index (χ2v) is 6.89. The van der Waals surface area contributed by atoms with E-state index in [1.54, 1.807) is 18.2 Å². The van der Waals surface area contributed by atoms with Crippen LogP contribution in [0.3, 0.4) is 0 Å². The zero-order chi connectivity index (χ0) is 16.9. The van der Waals surface area contributed by atoms with Gasteiger partial charge in [0, 0.05) is 11.1 Å². The standard InChI is InChI=1S/C18H17N3O2S/c19-11-13(18(23)21-16-8-4-5-9-20-16)17(22)15-10-12-6-2-1-3-7-14(12)24-15/h4-5,8-10,13H,1-3,6-7H2,(H,20,21,23). The molecule has 1 N–H and O–H groups in total. The Morgan fingerprint density at radius 3 is 2.83 bits per heavy atom. The van der Waals surface area contributed by atoms with Gasteiger partial charge in [0.2, 0.25) is 0 Å². The van der Waals surface area contributed by atoms with E-state index in [0.29, 0.717) is 10.7 Å². The van der Waals surface area contributed by atoms with Crippen LogP contribution in [0.1, 0.15) is 39.4 Å². The number of aryl methyl sites for hydroxylation is 2. The number of carbonyl (C=O) groups excluding carboxylic acids is 2. The van der Waals surface area contributed by atoms with Crippen LogP contribution >= 0.6 is 11.3 Å². The first-order chi connectivity index (χ1) is 11.7. The average Bonchev–Trinajstić information content (AvgIpc) is 2.87. The highest BCUT2D eigenvalue weighted by Crippen LogP contribution is 2.30. The van der Waals surface area contributed by atoms with Crippen molar-refractivity contribution in [3.8, 4) is 6.07 Å². The molecule has 3 rings (SSSR count). The number of hydrogen-bond acceptors (Lipinski definition) is 5. The van der Waals surface area contributed by atoms with Crippen LogP contribution in [0.4, 0.5) is 5.82 Å². The van der Waals surface area contributed by atoms with Gasteiger partial charge >= 0.3 is 0 Å². The van der Waals surface area contributed by atoms with Gasteiger partial charge < -0.3 is 5.32 Å². The quantitative estimate of drug-likeness (QED) is 0.526. The molecule has 0 saturated heterocycles. The third kappa shape index (κ3) is 3.52. The maximum absolute atomic E-state index is 12.6. The van der Waals surface area contributed by atoms with Crippen molar-refractivity contribution in [2.24, 2.45) is 5.92 Å². The number of nitrogens with zero attached hydrogens (tertiary/aromatic N) is 2. The van der Waals surface area contributed by atoms with E-state index in [4.69, 9.17) is 0 Å². The minimum absolute atomic E-state index is 0.331. The number of pyridine rings is 1. The number of rotatable bonds is 4. The summed E-state index contributed by atoms with van der Waals surface area (Å²) in [6.07, 6.45) is 6.94. The highest BCUT2D eigenvalue weighted by atomic mass is 32.1. The largest absolute Gasteiger partial charge is 0.309 e. The highest BCUT2D eigenvalue weighted by molar-refractivity contribution is 7.14. The van der Waals surface area contributed by atoms with Crippen molar-refractivity contribution in [1.82, 2.24) is 4.98 Å². The van der Waals surface area contributed by atoms with Crippen LogP contribution in [0.25, 0.3) is 0 Å². The maximum Gasteiger partial charge on any atom is 0.250 e. The molecule has 1 aliphatic carbocycles. The molecule has 2 heterocycles. The van der Waals surface area contributed by atoms with Crippen LogP contribution in [0.5, 0.6) is 0 Å². The van der Waals surface area contributed by atoms with Gasteiger partial charge in [-0.2, -0.15) is 5.26 Å². The monoisotopic (exact) mass is 339 g/mol. The topological polar surface area (TPSA) is 82.8 Å². The molecule has 1 atom stereocenters. The smallest absolute Gasteiger partial charge is 0.250 e. The predicted molar refractivity (Wildman–Crippen MR) is 91.9 cm³/mol. The third-order valence-electron chi connectivity index (χ3n) is 4.06. The highest BCUT2D eigenvalue weighted by Gasteiger charge is 2.30. The summed E-state index contributed by atoms with van der Waals surface area (Å²) < 4.78 is 0. The summed E-state index contributed by atoms with van der Waals surface area (Å²) in [5.41, 5.74) is 1.20. The number of nitrogens with one attached hydrogen (secondary N) is 1. The van der Waals surface area contributed by atoms with E-state index in [1.807, 2.05) is 12.1 Å². The van der Waals surface area contributed by atoms with Gasteiger partial charge in [0.1, 0.15) is 5.82 Å². The molecule has 24 heavy (non-hydrogen) atoms. The second-order valence-electron chi connectivity index (χ2n) is 5.75. The number of nitriles is 1. The Balaban J connectivity index is 1.77. The van der Waals surface area contributed by atoms with E-state index in [1.165, 1.54) is 34.4 Å². The summed E-state index contributed by atoms with van der Waals surface area (Å²) in [5.74, 6) is -2.08. The van der Waals surface area contributed by atoms with Crippen LogP contribution in [0.15, 0.2) is 30.5 Å². The van der Waals surface area contributed by atoms with Crippen molar-refractivity contribution >= 4 is 28.8 Å². The normalized spacial score (nSPS) is 14.8. The number of hydrogen-bond donors (Lipinski definition) is 1. The molecule has 0 aromatic carbocycles. The van der Waals surface area contributed by atoms with Gasteiger partial charge in [0.05, 0.1) is 10.9 Å². The SMILES string of the molecule is N#CC(C(=O)Nc1ccccn1)C(=O)c1cc2c(s1)CCCCC2. The maximum atomic E-state index is 12.6. The Kier molecular flexibility index (Phi) is 5.02. The number of ketones is 1. The van der Waals surface area contributed by atoms with Gasteiger partial charge in [-0.05, 0) is 49.4 Å². The molecule has 2 aromatic heterocycles. The molecule has 1 aliphatic rings. The summed E-state index contributed by atoms with van der Waals surface area (Å²) in [4.78, 5) is 30.6. The van der Waals surface area contributed by atoms with Crippen LogP contribution < -0.4 is 5.32 Å². The van der Waals surface area contributed by atoms with Gasteiger partial charge in [-0.25, -0.2) is 4.98 Å². The van der Waals surface area contributed by atoms with Crippen molar-refractivity contribution in [2.75, 3.05) is 5.32 Å². The number of anilines is 1. The van der Waals surface area contributed by atoms with Crippen molar-refractivity contribution < 1.29 is 9.59 Å². The number of thiophene rings is 1. The Labute approximate surface area is 144 Å². The first-order valence-corrected chi connectivity index (χ1v) is 8.78. The number of amides is 1. The first kappa shape index (κ1) is 16.3. The zero-order valence-electron chi connectivity index (χ0n) is 13.1. The molecule has 0 spiro atoms. The van der Waals surface area contributed by atoms with E-state index in [2.05, 4.69) is 10.3 Å². The molecule has 6 heteroatoms. The first-order valence-electron chi connectivity index (χ1n) is 7.96. The molecule has 0 radical (unpaired) electrons. The molecular weight excluding hydrogens is 322 g/mol. The molecule has 1 amide bonds. The Morgan fingerprint density at radius 2 is 2.08 bits per heavy atom. The van der Waals surface area contributed by atoms with Crippen LogP contribution in [-0.4, -0.2) is 16.7 Å². The Bertz CT molecular complexity index is 769. The molecule has 0 saturated carbocycles. The van der Waals surface area contributed by atoms with Crippen LogP contribution in [-0.2, 0) is 17.6 Å². The summed E-state index contributed by atoms with van der Waals surface area (Å²) in [6.45, 7) is 0. The molecule has 5 nitrogen and oxygen atoms in total. The number of carbonyl (C=O) groups is 2. The fourth-order valence-corrected chi connectivity index (χ4v) is 4.03. The van der Waals surface area contributed by atoms with E-state index in [0.717, 1.165) is 25.7 Å². The van der Waals surface area contributed by atoms with Gasteiger partial charge in [0.25, 0.3) is 5.91 Å². The molecule has 0 bridgehead atoms. The lowest BCUT2D eigenvalue weighted by molar-refractivity contribution is -0.117. The summed E-state index contributed by atoms with van der Waals surface area (Å²) in [7, 11) is 0. The molecule has 122 valence electrons. The molecule has 0 aliphatic heterocycles. The van der Waals surface area contributed by atoms with E-state index in [9.17, 15) is 14.9 Å². The minimum atomic E-state index is -1.35. The Hall–Kier alpha value is -2.52. The molecule has 2 aromatic rings. The number of Topliss-reactive ketones (excluding diaryl/α,β-unsaturated/α-hetero) is 1. The molecular formula is C18H17N3O2S. The lowest BCUT2D eigenvalue weighted by atomic mass is 10.0. The summed E-state index contributed by atoms with van der Waals surface area (Å²) >= 11 is 1.43. The van der Waals surface area contributed by atoms with Crippen LogP contribution in [0, 0.1) is 17.2 Å². The molecule has 0 fully saturated rings.